The number of carbonyl (C=O) groups excluding carboxylic acids is 1. The molecule has 0 spiro atoms. The zero-order chi connectivity index (χ0) is 18.9. The first-order valence-electron chi connectivity index (χ1n) is 9.00. The lowest BCUT2D eigenvalue weighted by molar-refractivity contribution is -0.171. The molecule has 2 aliphatic rings. The monoisotopic (exact) mass is 392 g/mol. The third-order valence-corrected chi connectivity index (χ3v) is 4.95. The number of amides is 1. The molecule has 1 amide bonds. The molecule has 0 bridgehead atoms. The molecule has 144 valence electrons. The number of rotatable bonds is 7. The summed E-state index contributed by atoms with van der Waals surface area (Å²) in [4.78, 5) is 14.5. The van der Waals surface area contributed by atoms with Gasteiger partial charge >= 0.3 is 6.01 Å². The van der Waals surface area contributed by atoms with E-state index in [1.807, 2.05) is 13.0 Å². The van der Waals surface area contributed by atoms with E-state index in [-0.39, 0.29) is 5.91 Å². The molecule has 0 unspecified atom stereocenters. The average molecular weight is 393 g/mol. The summed E-state index contributed by atoms with van der Waals surface area (Å²) in [6.07, 6.45) is 1.01. The largest absolute Gasteiger partial charge is 0.408 e. The number of aryl methyl sites for hydroxylation is 1. The topological polar surface area (TPSA) is 89.7 Å². The number of nitrogens with one attached hydrogen (secondary N) is 1. The van der Waals surface area contributed by atoms with E-state index in [1.54, 1.807) is 17.0 Å². The first kappa shape index (κ1) is 18.2. The number of halogens is 1. The summed E-state index contributed by atoms with van der Waals surface area (Å²) in [6.45, 7) is 4.51. The number of nitrogens with zero attached hydrogens (tertiary/aromatic N) is 3. The summed E-state index contributed by atoms with van der Waals surface area (Å²) in [5, 5.41) is 11.5. The van der Waals surface area contributed by atoms with E-state index in [1.165, 1.54) is 0 Å². The van der Waals surface area contributed by atoms with Gasteiger partial charge in [-0.05, 0) is 24.6 Å². The Bertz CT molecular complexity index is 835. The van der Waals surface area contributed by atoms with E-state index >= 15 is 0 Å². The van der Waals surface area contributed by atoms with E-state index in [9.17, 15) is 4.79 Å². The van der Waals surface area contributed by atoms with Gasteiger partial charge in [-0.25, -0.2) is 0 Å². The second-order valence-corrected chi connectivity index (χ2v) is 7.04. The quantitative estimate of drug-likeness (QED) is 0.774. The molecule has 0 saturated carbocycles. The van der Waals surface area contributed by atoms with Crippen molar-refractivity contribution in [2.75, 3.05) is 31.6 Å². The fraction of sp³-hybridized carbons (Fsp3) is 0.500. The second kappa shape index (κ2) is 7.46. The van der Waals surface area contributed by atoms with Crippen molar-refractivity contribution in [2.24, 2.45) is 0 Å². The molecule has 1 N–H and O–H groups in total. The van der Waals surface area contributed by atoms with Gasteiger partial charge in [0.15, 0.2) is 5.79 Å². The van der Waals surface area contributed by atoms with Crippen LogP contribution in [0.2, 0.25) is 5.02 Å². The molecule has 1 saturated heterocycles. The highest BCUT2D eigenvalue weighted by Gasteiger charge is 2.42. The van der Waals surface area contributed by atoms with Gasteiger partial charge in [-0.1, -0.05) is 22.8 Å². The van der Waals surface area contributed by atoms with Crippen LogP contribution in [0.3, 0.4) is 0 Å². The maximum absolute atomic E-state index is 12.7. The highest BCUT2D eigenvalue weighted by molar-refractivity contribution is 6.31. The maximum atomic E-state index is 12.7. The standard InChI is InChI=1S/C18H21ClN4O4/c1-2-20-17-22-21-15(27-17)5-6-18(25-7-8-26-18)11-23-10-12-3-4-13(19)9-14(12)16(23)24/h3-4,9H,2,5-8,10-11H2,1H3,(H,20,22). The number of aromatic nitrogens is 2. The zero-order valence-electron chi connectivity index (χ0n) is 15.0. The van der Waals surface area contributed by atoms with Crippen LogP contribution in [0.5, 0.6) is 0 Å². The van der Waals surface area contributed by atoms with Crippen LogP contribution in [0.4, 0.5) is 6.01 Å². The van der Waals surface area contributed by atoms with Gasteiger partial charge in [0, 0.05) is 36.5 Å². The Hall–Kier alpha value is -2.16. The van der Waals surface area contributed by atoms with Crippen molar-refractivity contribution in [1.82, 2.24) is 15.1 Å². The highest BCUT2D eigenvalue weighted by Crippen LogP contribution is 2.32. The summed E-state index contributed by atoms with van der Waals surface area (Å²) >= 11 is 6.03. The van der Waals surface area contributed by atoms with Gasteiger partial charge in [0.2, 0.25) is 5.89 Å². The Balaban J connectivity index is 1.44. The molecule has 0 radical (unpaired) electrons. The Morgan fingerprint density at radius 2 is 2.11 bits per heavy atom. The average Bonchev–Trinajstić information content (AvgIpc) is 3.36. The van der Waals surface area contributed by atoms with Crippen LogP contribution >= 0.6 is 11.6 Å². The van der Waals surface area contributed by atoms with Crippen molar-refractivity contribution in [3.63, 3.8) is 0 Å². The number of carbonyl (C=O) groups is 1. The molecule has 2 aliphatic heterocycles. The summed E-state index contributed by atoms with van der Waals surface area (Å²) in [5.41, 5.74) is 1.60. The van der Waals surface area contributed by atoms with Crippen molar-refractivity contribution in [3.05, 3.63) is 40.2 Å². The lowest BCUT2D eigenvalue weighted by atomic mass is 10.1. The molecule has 1 aromatic heterocycles. The summed E-state index contributed by atoms with van der Waals surface area (Å²) in [5.74, 6) is -0.417. The predicted octanol–water partition coefficient (Wildman–Crippen LogP) is 2.49. The SMILES string of the molecule is CCNc1nnc(CCC2(CN3Cc4ccc(Cl)cc4C3=O)OCCO2)o1. The third-order valence-electron chi connectivity index (χ3n) is 4.71. The van der Waals surface area contributed by atoms with Gasteiger partial charge in [-0.15, -0.1) is 5.10 Å². The van der Waals surface area contributed by atoms with Crippen LogP contribution in [-0.4, -0.2) is 53.1 Å². The summed E-state index contributed by atoms with van der Waals surface area (Å²) in [6, 6.07) is 5.80. The molecule has 0 aliphatic carbocycles. The number of benzene rings is 1. The van der Waals surface area contributed by atoms with E-state index in [4.69, 9.17) is 25.5 Å². The maximum Gasteiger partial charge on any atom is 0.315 e. The molecular formula is C18H21ClN4O4. The molecule has 1 aromatic carbocycles. The number of anilines is 1. The van der Waals surface area contributed by atoms with Gasteiger partial charge < -0.3 is 24.1 Å². The Kier molecular flexibility index (Phi) is 5.03. The predicted molar refractivity (Wildman–Crippen MR) is 97.6 cm³/mol. The van der Waals surface area contributed by atoms with Crippen LogP contribution in [0.15, 0.2) is 22.6 Å². The third kappa shape index (κ3) is 3.78. The molecule has 2 aromatic rings. The van der Waals surface area contributed by atoms with Crippen LogP contribution < -0.4 is 5.32 Å². The van der Waals surface area contributed by atoms with Crippen LogP contribution in [0.1, 0.15) is 35.2 Å². The number of ether oxygens (including phenoxy) is 2. The molecular weight excluding hydrogens is 372 g/mol. The second-order valence-electron chi connectivity index (χ2n) is 6.60. The van der Waals surface area contributed by atoms with Crippen LogP contribution in [-0.2, 0) is 22.4 Å². The number of hydrogen-bond donors (Lipinski definition) is 1. The first-order chi connectivity index (χ1) is 13.1. The lowest BCUT2D eigenvalue weighted by Crippen LogP contribution is -2.44. The van der Waals surface area contributed by atoms with Crippen molar-refractivity contribution in [3.8, 4) is 0 Å². The van der Waals surface area contributed by atoms with E-state index in [0.717, 1.165) is 5.56 Å². The van der Waals surface area contributed by atoms with Crippen LogP contribution in [0, 0.1) is 0 Å². The molecule has 4 rings (SSSR count). The lowest BCUT2D eigenvalue weighted by Gasteiger charge is -2.31. The molecule has 3 heterocycles. The molecule has 1 fully saturated rings. The summed E-state index contributed by atoms with van der Waals surface area (Å²) < 4.78 is 17.3. The summed E-state index contributed by atoms with van der Waals surface area (Å²) in [7, 11) is 0. The van der Waals surface area contributed by atoms with Crippen molar-refractivity contribution >= 4 is 23.5 Å². The molecule has 9 heteroatoms. The normalized spacial score (nSPS) is 18.1. The minimum absolute atomic E-state index is 0.0572. The number of hydrogen-bond acceptors (Lipinski definition) is 7. The van der Waals surface area contributed by atoms with Gasteiger partial charge in [0.25, 0.3) is 5.91 Å². The zero-order valence-corrected chi connectivity index (χ0v) is 15.8. The fourth-order valence-corrected chi connectivity index (χ4v) is 3.61. The molecule has 27 heavy (non-hydrogen) atoms. The van der Waals surface area contributed by atoms with Crippen molar-refractivity contribution in [1.29, 1.82) is 0 Å². The fourth-order valence-electron chi connectivity index (χ4n) is 3.44. The number of fused-ring (bicyclic) bond motifs is 1. The van der Waals surface area contributed by atoms with E-state index in [2.05, 4.69) is 15.5 Å². The van der Waals surface area contributed by atoms with Crippen molar-refractivity contribution in [2.45, 2.75) is 32.1 Å². The smallest absolute Gasteiger partial charge is 0.315 e. The van der Waals surface area contributed by atoms with Crippen molar-refractivity contribution < 1.29 is 18.7 Å². The first-order valence-corrected chi connectivity index (χ1v) is 9.38. The van der Waals surface area contributed by atoms with Gasteiger partial charge in [0.05, 0.1) is 19.8 Å². The Morgan fingerprint density at radius 3 is 2.89 bits per heavy atom. The van der Waals surface area contributed by atoms with Gasteiger partial charge in [-0.3, -0.25) is 4.79 Å². The van der Waals surface area contributed by atoms with Crippen LogP contribution in [0.25, 0.3) is 0 Å². The van der Waals surface area contributed by atoms with Gasteiger partial charge in [-0.2, -0.15) is 0 Å². The molecule has 0 atom stereocenters. The minimum atomic E-state index is -0.867. The molecule has 8 nitrogen and oxygen atoms in total. The van der Waals surface area contributed by atoms with E-state index < -0.39 is 5.79 Å². The Labute approximate surface area is 161 Å². The van der Waals surface area contributed by atoms with Gasteiger partial charge in [0.1, 0.15) is 0 Å². The Morgan fingerprint density at radius 1 is 1.30 bits per heavy atom. The van der Waals surface area contributed by atoms with E-state index in [0.29, 0.717) is 68.2 Å². The highest BCUT2D eigenvalue weighted by atomic mass is 35.5. The minimum Gasteiger partial charge on any atom is -0.408 e.